The van der Waals surface area contributed by atoms with Crippen LogP contribution >= 0.6 is 23.1 Å². The summed E-state index contributed by atoms with van der Waals surface area (Å²) in [5, 5.41) is 19.0. The van der Waals surface area contributed by atoms with Gasteiger partial charge in [0, 0.05) is 23.8 Å². The van der Waals surface area contributed by atoms with E-state index in [4.69, 9.17) is 9.47 Å². The minimum Gasteiger partial charge on any atom is -0.392 e. The molecule has 11 heteroatoms. The summed E-state index contributed by atoms with van der Waals surface area (Å²) in [6, 6.07) is 34.0. The average Bonchev–Trinajstić information content (AvgIpc) is 3.52. The van der Waals surface area contributed by atoms with E-state index in [1.165, 1.54) is 0 Å². The highest BCUT2D eigenvalue weighted by Crippen LogP contribution is 2.48. The van der Waals surface area contributed by atoms with Gasteiger partial charge in [0.15, 0.2) is 10.6 Å². The van der Waals surface area contributed by atoms with E-state index in [-0.39, 0.29) is 36.2 Å². The van der Waals surface area contributed by atoms with Crippen LogP contribution in [0.25, 0.3) is 0 Å². The van der Waals surface area contributed by atoms with E-state index >= 15 is 0 Å². The Bertz CT molecular complexity index is 1780. The molecular formula is C34H33N3O5S3. The summed E-state index contributed by atoms with van der Waals surface area (Å²) in [5.74, 6) is 0.522. The number of nitrogens with one attached hydrogen (secondary N) is 1. The summed E-state index contributed by atoms with van der Waals surface area (Å²) < 4.78 is 42.5. The Kier molecular flexibility index (Phi) is 10.1. The normalized spacial score (nSPS) is 20.2. The molecule has 1 aliphatic rings. The number of sulfonamides is 1. The molecule has 0 aliphatic carbocycles. The lowest BCUT2D eigenvalue weighted by Crippen LogP contribution is -2.38. The van der Waals surface area contributed by atoms with Gasteiger partial charge >= 0.3 is 0 Å². The third kappa shape index (κ3) is 7.70. The minimum absolute atomic E-state index is 0.0337. The van der Waals surface area contributed by atoms with Crippen molar-refractivity contribution in [2.75, 3.05) is 5.75 Å². The highest BCUT2D eigenvalue weighted by molar-refractivity contribution is 8.01. The van der Waals surface area contributed by atoms with Crippen molar-refractivity contribution in [2.24, 2.45) is 0 Å². The molecule has 0 radical (unpaired) electrons. The average molecular weight is 660 g/mol. The van der Waals surface area contributed by atoms with Crippen LogP contribution in [0.15, 0.2) is 118 Å². The van der Waals surface area contributed by atoms with Gasteiger partial charge in [0.05, 0.1) is 23.7 Å². The standard InChI is InChI=1S/C34H33N3O5S3/c1-23-36-37-34(44-23)43-22-30-31(26-8-4-2-5-9-26)32(27-16-14-25(21-38)15-17-27)42-33(41-30)28-18-12-24(13-19-28)20-35-45(39,40)29-10-6-3-7-11-29/h2-19,30-33,35,38H,20-22H2,1H3. The van der Waals surface area contributed by atoms with E-state index in [9.17, 15) is 13.5 Å². The van der Waals surface area contributed by atoms with Crippen LogP contribution in [-0.4, -0.2) is 35.6 Å². The Balaban J connectivity index is 1.27. The lowest BCUT2D eigenvalue weighted by Gasteiger charge is -2.43. The van der Waals surface area contributed by atoms with Gasteiger partial charge in [-0.1, -0.05) is 120 Å². The molecule has 2 heterocycles. The van der Waals surface area contributed by atoms with Crippen LogP contribution in [0.1, 0.15) is 51.1 Å². The van der Waals surface area contributed by atoms with Gasteiger partial charge in [0.1, 0.15) is 5.01 Å². The molecule has 2 N–H and O–H groups in total. The number of hydrogen-bond donors (Lipinski definition) is 2. The van der Waals surface area contributed by atoms with E-state index in [0.29, 0.717) is 5.75 Å². The van der Waals surface area contributed by atoms with Crippen molar-refractivity contribution < 1.29 is 23.0 Å². The third-order valence-corrected chi connectivity index (χ3v) is 11.1. The number of nitrogens with zero attached hydrogens (tertiary/aromatic N) is 2. The number of aliphatic hydroxyl groups is 1. The van der Waals surface area contributed by atoms with Crippen LogP contribution in [0.4, 0.5) is 0 Å². The molecule has 4 aromatic carbocycles. The first-order chi connectivity index (χ1) is 21.9. The summed E-state index contributed by atoms with van der Waals surface area (Å²) in [4.78, 5) is 0.226. The second-order valence-corrected chi connectivity index (χ2v) is 14.9. The second-order valence-electron chi connectivity index (χ2n) is 10.7. The molecule has 6 rings (SSSR count). The highest BCUT2D eigenvalue weighted by Gasteiger charge is 2.42. The Morgan fingerprint density at radius 1 is 0.800 bits per heavy atom. The maximum atomic E-state index is 12.7. The fraction of sp³-hybridized carbons (Fsp3) is 0.235. The quantitative estimate of drug-likeness (QED) is 0.154. The summed E-state index contributed by atoms with van der Waals surface area (Å²) in [5.41, 5.74) is 4.56. The molecule has 4 unspecified atom stereocenters. The van der Waals surface area contributed by atoms with Gasteiger partial charge in [-0.25, -0.2) is 13.1 Å². The van der Waals surface area contributed by atoms with Crippen molar-refractivity contribution in [1.82, 2.24) is 14.9 Å². The summed E-state index contributed by atoms with van der Waals surface area (Å²) >= 11 is 3.18. The molecular weight excluding hydrogens is 627 g/mol. The predicted octanol–water partition coefficient (Wildman–Crippen LogP) is 6.55. The van der Waals surface area contributed by atoms with Gasteiger partial charge in [0.2, 0.25) is 10.0 Å². The SMILES string of the molecule is Cc1nnc(SCC2OC(c3ccc(CNS(=O)(=O)c4ccccc4)cc3)OC(c3ccc(CO)cc3)C2c2ccccc2)s1. The number of hydrogen-bond acceptors (Lipinski definition) is 9. The predicted molar refractivity (Wildman–Crippen MR) is 175 cm³/mol. The first-order valence-electron chi connectivity index (χ1n) is 14.5. The van der Waals surface area contributed by atoms with Crippen LogP contribution in [0.3, 0.4) is 0 Å². The highest BCUT2D eigenvalue weighted by atomic mass is 32.2. The van der Waals surface area contributed by atoms with Crippen LogP contribution < -0.4 is 4.72 Å². The molecule has 4 atom stereocenters. The van der Waals surface area contributed by atoms with Crippen LogP contribution in [0, 0.1) is 6.92 Å². The number of thioether (sulfide) groups is 1. The number of ether oxygens (including phenoxy) is 2. The van der Waals surface area contributed by atoms with Crippen molar-refractivity contribution in [3.63, 3.8) is 0 Å². The first kappa shape index (κ1) is 31.6. The molecule has 0 amide bonds. The van der Waals surface area contributed by atoms with Gasteiger partial charge in [-0.2, -0.15) is 0 Å². The molecule has 0 spiro atoms. The lowest BCUT2D eigenvalue weighted by atomic mass is 9.84. The minimum atomic E-state index is -3.63. The maximum Gasteiger partial charge on any atom is 0.240 e. The van der Waals surface area contributed by atoms with E-state index < -0.39 is 16.3 Å². The van der Waals surface area contributed by atoms with Gasteiger partial charge in [-0.15, -0.1) is 10.2 Å². The smallest absolute Gasteiger partial charge is 0.240 e. The van der Waals surface area contributed by atoms with Crippen molar-refractivity contribution >= 4 is 33.1 Å². The van der Waals surface area contributed by atoms with E-state index in [0.717, 1.165) is 37.2 Å². The zero-order valence-electron chi connectivity index (χ0n) is 24.5. The molecule has 232 valence electrons. The van der Waals surface area contributed by atoms with Crippen molar-refractivity contribution in [3.8, 4) is 0 Å². The summed E-state index contributed by atoms with van der Waals surface area (Å²) in [6.45, 7) is 2.06. The molecule has 0 saturated carbocycles. The van der Waals surface area contributed by atoms with Gasteiger partial charge in [-0.05, 0) is 41.3 Å². The molecule has 1 aromatic heterocycles. The topological polar surface area (TPSA) is 111 Å². The Morgan fingerprint density at radius 2 is 1.44 bits per heavy atom. The van der Waals surface area contributed by atoms with Crippen LogP contribution in [-0.2, 0) is 32.6 Å². The van der Waals surface area contributed by atoms with Gasteiger partial charge in [0.25, 0.3) is 0 Å². The van der Waals surface area contributed by atoms with Crippen molar-refractivity contribution in [3.05, 3.63) is 142 Å². The zero-order chi connectivity index (χ0) is 31.2. The number of rotatable bonds is 11. The van der Waals surface area contributed by atoms with Gasteiger partial charge < -0.3 is 14.6 Å². The monoisotopic (exact) mass is 659 g/mol. The van der Waals surface area contributed by atoms with Crippen LogP contribution in [0.5, 0.6) is 0 Å². The fourth-order valence-electron chi connectivity index (χ4n) is 5.30. The Hall–Kier alpha value is -3.42. The molecule has 1 aliphatic heterocycles. The largest absolute Gasteiger partial charge is 0.392 e. The molecule has 0 bridgehead atoms. The first-order valence-corrected chi connectivity index (χ1v) is 17.8. The number of aromatic nitrogens is 2. The number of aryl methyl sites for hydroxylation is 1. The Morgan fingerprint density at radius 3 is 2.09 bits per heavy atom. The number of aliphatic hydroxyl groups excluding tert-OH is 1. The molecule has 1 saturated heterocycles. The lowest BCUT2D eigenvalue weighted by molar-refractivity contribution is -0.255. The van der Waals surface area contributed by atoms with Crippen LogP contribution in [0.2, 0.25) is 0 Å². The molecule has 45 heavy (non-hydrogen) atoms. The molecule has 1 fully saturated rings. The van der Waals surface area contributed by atoms with Gasteiger partial charge in [-0.3, -0.25) is 0 Å². The maximum absolute atomic E-state index is 12.7. The summed E-state index contributed by atoms with van der Waals surface area (Å²) in [6.07, 6.45) is -1.23. The van der Waals surface area contributed by atoms with E-state index in [2.05, 4.69) is 27.1 Å². The Labute approximate surface area is 271 Å². The summed E-state index contributed by atoms with van der Waals surface area (Å²) in [7, 11) is -3.63. The van der Waals surface area contributed by atoms with Crippen molar-refractivity contribution in [1.29, 1.82) is 0 Å². The van der Waals surface area contributed by atoms with E-state index in [1.54, 1.807) is 53.4 Å². The fourth-order valence-corrected chi connectivity index (χ4v) is 8.24. The third-order valence-electron chi connectivity index (χ3n) is 7.62. The van der Waals surface area contributed by atoms with Crippen molar-refractivity contribution in [2.45, 2.75) is 53.7 Å². The molecule has 8 nitrogen and oxygen atoms in total. The number of benzene rings is 4. The molecule has 5 aromatic rings. The zero-order valence-corrected chi connectivity index (χ0v) is 27.0. The second kappa shape index (κ2) is 14.3. The van der Waals surface area contributed by atoms with E-state index in [1.807, 2.05) is 73.7 Å².